The summed E-state index contributed by atoms with van der Waals surface area (Å²) in [5.41, 5.74) is 0. The number of carbonyl (C=O) groups is 1. The molecule has 3 saturated heterocycles. The summed E-state index contributed by atoms with van der Waals surface area (Å²) in [7, 11) is 8.94. The van der Waals surface area contributed by atoms with Crippen molar-refractivity contribution in [1.29, 1.82) is 0 Å². The minimum Gasteiger partial charge on any atom is -0.467 e. The number of carbonyl (C=O) groups excluding carboxylic acids is 1. The highest BCUT2D eigenvalue weighted by molar-refractivity contribution is 5.75. The molecule has 10 atom stereocenters. The summed E-state index contributed by atoms with van der Waals surface area (Å²) in [6.45, 7) is 3.73. The van der Waals surface area contributed by atoms with Crippen LogP contribution in [0.15, 0.2) is 0 Å². The largest absolute Gasteiger partial charge is 0.467 e. The first-order chi connectivity index (χ1) is 15.7. The number of fused-ring (bicyclic) bond motifs is 1. The first-order valence-electron chi connectivity index (χ1n) is 10.7. The normalized spacial score (nSPS) is 42.7. The maximum absolute atomic E-state index is 12.4. The monoisotopic (exact) mass is 480 g/mol. The summed E-state index contributed by atoms with van der Waals surface area (Å²) in [4.78, 5) is 12.4. The van der Waals surface area contributed by atoms with Crippen molar-refractivity contribution in [3.63, 3.8) is 0 Å². The fourth-order valence-electron chi connectivity index (χ4n) is 4.64. The van der Waals surface area contributed by atoms with Gasteiger partial charge in [-0.25, -0.2) is 4.79 Å². The highest BCUT2D eigenvalue weighted by Crippen LogP contribution is 2.40. The van der Waals surface area contributed by atoms with E-state index in [2.05, 4.69) is 0 Å². The minimum absolute atomic E-state index is 0.243. The van der Waals surface area contributed by atoms with Gasteiger partial charge in [-0.1, -0.05) is 0 Å². The number of hydrogen-bond acceptors (Lipinski definition) is 12. The summed E-state index contributed by atoms with van der Waals surface area (Å²) in [5.74, 6) is -1.59. The third-order valence-electron chi connectivity index (χ3n) is 6.03. The number of ether oxygens (including phenoxy) is 11. The van der Waals surface area contributed by atoms with E-state index in [1.165, 1.54) is 21.3 Å². The fraction of sp³-hybridized carbons (Fsp3) is 0.952. The molecule has 33 heavy (non-hydrogen) atoms. The van der Waals surface area contributed by atoms with E-state index in [4.69, 9.17) is 52.1 Å². The molecule has 3 aliphatic heterocycles. The lowest BCUT2D eigenvalue weighted by Crippen LogP contribution is -2.65. The average molecular weight is 481 g/mol. The van der Waals surface area contributed by atoms with Crippen LogP contribution in [0.1, 0.15) is 13.8 Å². The van der Waals surface area contributed by atoms with Crippen LogP contribution in [-0.2, 0) is 56.9 Å². The Morgan fingerprint density at radius 3 is 1.94 bits per heavy atom. The van der Waals surface area contributed by atoms with Gasteiger partial charge in [0.1, 0.15) is 42.7 Å². The smallest absolute Gasteiger partial charge is 0.337 e. The molecular weight excluding hydrogens is 444 g/mol. The van der Waals surface area contributed by atoms with Crippen molar-refractivity contribution in [2.24, 2.45) is 0 Å². The number of esters is 1. The number of hydrogen-bond donors (Lipinski definition) is 0. The molecule has 0 aromatic heterocycles. The van der Waals surface area contributed by atoms with Gasteiger partial charge in [0.05, 0.1) is 13.7 Å². The van der Waals surface area contributed by atoms with Gasteiger partial charge in [-0.2, -0.15) is 0 Å². The third kappa shape index (κ3) is 5.35. The highest BCUT2D eigenvalue weighted by atomic mass is 16.8. The topological polar surface area (TPSA) is 119 Å². The molecule has 12 heteroatoms. The van der Waals surface area contributed by atoms with E-state index >= 15 is 0 Å². The number of methoxy groups -OCH3 is 6. The van der Waals surface area contributed by atoms with Crippen LogP contribution in [0.4, 0.5) is 0 Å². The van der Waals surface area contributed by atoms with Crippen LogP contribution in [0.5, 0.6) is 0 Å². The molecule has 3 heterocycles. The lowest BCUT2D eigenvalue weighted by atomic mass is 9.96. The molecule has 0 saturated carbocycles. The van der Waals surface area contributed by atoms with Gasteiger partial charge in [-0.15, -0.1) is 0 Å². The second kappa shape index (κ2) is 11.2. The second-order valence-electron chi connectivity index (χ2n) is 8.45. The Balaban J connectivity index is 1.89. The van der Waals surface area contributed by atoms with E-state index in [0.29, 0.717) is 0 Å². The molecule has 192 valence electrons. The molecule has 0 aromatic carbocycles. The molecule has 0 N–H and O–H groups in total. The van der Waals surface area contributed by atoms with Crippen LogP contribution in [0.3, 0.4) is 0 Å². The Labute approximate surface area is 193 Å². The molecule has 3 aliphatic rings. The fourth-order valence-corrected chi connectivity index (χ4v) is 4.64. The van der Waals surface area contributed by atoms with Crippen molar-refractivity contribution in [3.8, 4) is 0 Å². The van der Waals surface area contributed by atoms with E-state index in [-0.39, 0.29) is 6.61 Å². The van der Waals surface area contributed by atoms with Gasteiger partial charge in [0, 0.05) is 35.5 Å². The first-order valence-corrected chi connectivity index (χ1v) is 10.7. The molecule has 3 fully saturated rings. The Morgan fingerprint density at radius 2 is 1.39 bits per heavy atom. The minimum atomic E-state index is -1.05. The molecule has 0 bridgehead atoms. The van der Waals surface area contributed by atoms with Crippen molar-refractivity contribution in [3.05, 3.63) is 0 Å². The summed E-state index contributed by atoms with van der Waals surface area (Å²) < 4.78 is 63.2. The quantitative estimate of drug-likeness (QED) is 0.408. The molecule has 5 unspecified atom stereocenters. The molecular formula is C21H36O12. The second-order valence-corrected chi connectivity index (χ2v) is 8.45. The van der Waals surface area contributed by atoms with Gasteiger partial charge < -0.3 is 52.1 Å². The van der Waals surface area contributed by atoms with Gasteiger partial charge >= 0.3 is 5.97 Å². The summed E-state index contributed by atoms with van der Waals surface area (Å²) in [5, 5.41) is 0. The van der Waals surface area contributed by atoms with E-state index in [1.54, 1.807) is 35.2 Å². The van der Waals surface area contributed by atoms with E-state index in [0.717, 1.165) is 0 Å². The van der Waals surface area contributed by atoms with Crippen LogP contribution in [0.25, 0.3) is 0 Å². The SMILES string of the molecule is COC[C@H]1O[C@H](OC2C(OC)OC(C(=O)OC)C3OC(C)(C)OC23)[C@H](OC)[C@@H](OC)[C@H]1OC. The van der Waals surface area contributed by atoms with Crippen LogP contribution >= 0.6 is 0 Å². The zero-order chi connectivity index (χ0) is 24.3. The van der Waals surface area contributed by atoms with Crippen LogP contribution < -0.4 is 0 Å². The van der Waals surface area contributed by atoms with Gasteiger partial charge in [0.2, 0.25) is 0 Å². The Morgan fingerprint density at radius 1 is 0.758 bits per heavy atom. The summed E-state index contributed by atoms with van der Waals surface area (Å²) in [6, 6.07) is 0. The molecule has 0 aliphatic carbocycles. The van der Waals surface area contributed by atoms with Gasteiger partial charge in [-0.3, -0.25) is 0 Å². The zero-order valence-corrected chi connectivity index (χ0v) is 20.4. The van der Waals surface area contributed by atoms with Gasteiger partial charge in [0.15, 0.2) is 24.5 Å². The van der Waals surface area contributed by atoms with Crippen LogP contribution in [0.2, 0.25) is 0 Å². The van der Waals surface area contributed by atoms with E-state index in [1.807, 2.05) is 0 Å². The average Bonchev–Trinajstić information content (AvgIpc) is 3.13. The first kappa shape index (κ1) is 26.7. The van der Waals surface area contributed by atoms with Crippen molar-refractivity contribution in [2.75, 3.05) is 49.3 Å². The molecule has 0 amide bonds. The highest BCUT2D eigenvalue weighted by Gasteiger charge is 2.60. The predicted octanol–water partition coefficient (Wildman–Crippen LogP) is -0.148. The van der Waals surface area contributed by atoms with Crippen molar-refractivity contribution in [1.82, 2.24) is 0 Å². The standard InChI is InChI=1S/C21H36O12/c1-21(2)32-13-14(33-21)17(19(28-8)30-15(13)18(22)27-7)31-20-16(26-6)12(25-5)11(24-4)10(29-20)9-23-3/h10-17,19-20H,9H2,1-8H3/t10-,11+,12+,13?,14?,15?,16-,17?,19?,20-/m1/s1. The maximum atomic E-state index is 12.4. The zero-order valence-electron chi connectivity index (χ0n) is 20.4. The van der Waals surface area contributed by atoms with Crippen LogP contribution in [-0.4, -0.2) is 122 Å². The Bertz CT molecular complexity index is 645. The summed E-state index contributed by atoms with van der Waals surface area (Å²) >= 11 is 0. The van der Waals surface area contributed by atoms with Crippen molar-refractivity contribution < 1.29 is 56.9 Å². The molecule has 12 nitrogen and oxygen atoms in total. The molecule has 0 spiro atoms. The van der Waals surface area contributed by atoms with E-state index < -0.39 is 73.2 Å². The van der Waals surface area contributed by atoms with E-state index in [9.17, 15) is 4.79 Å². The van der Waals surface area contributed by atoms with Crippen molar-refractivity contribution in [2.45, 2.75) is 81.0 Å². The van der Waals surface area contributed by atoms with Crippen LogP contribution in [0, 0.1) is 0 Å². The Hall–Kier alpha value is -0.930. The van der Waals surface area contributed by atoms with Gasteiger partial charge in [-0.05, 0) is 13.8 Å². The third-order valence-corrected chi connectivity index (χ3v) is 6.03. The lowest BCUT2D eigenvalue weighted by molar-refractivity contribution is -0.359. The lowest BCUT2D eigenvalue weighted by Gasteiger charge is -2.47. The molecule has 3 rings (SSSR count). The maximum Gasteiger partial charge on any atom is 0.337 e. The van der Waals surface area contributed by atoms with Crippen molar-refractivity contribution >= 4 is 5.97 Å². The van der Waals surface area contributed by atoms with Gasteiger partial charge in [0.25, 0.3) is 0 Å². The Kier molecular flexibility index (Phi) is 9.06. The number of rotatable bonds is 9. The predicted molar refractivity (Wildman–Crippen MR) is 109 cm³/mol. The molecule has 0 aromatic rings. The summed E-state index contributed by atoms with van der Waals surface area (Å²) in [6.07, 6.45) is -7.40. The molecule has 0 radical (unpaired) electrons.